The Bertz CT molecular complexity index is 548. The smallest absolute Gasteiger partial charge is 0.311 e. The van der Waals surface area contributed by atoms with Crippen LogP contribution < -0.4 is 5.73 Å². The fraction of sp³-hybridized carbons (Fsp3) is 0.611. The van der Waals surface area contributed by atoms with Crippen molar-refractivity contribution in [2.45, 2.75) is 60.2 Å². The second-order valence-electron chi connectivity index (χ2n) is 7.80. The van der Waals surface area contributed by atoms with E-state index < -0.39 is 5.41 Å². The number of hydrogen-bond donors (Lipinski definition) is 1. The van der Waals surface area contributed by atoms with E-state index in [9.17, 15) is 4.79 Å². The number of nitrogen functional groups attached to an aromatic ring is 1. The lowest BCUT2D eigenvalue weighted by Gasteiger charge is -2.30. The molecular weight excluding hydrogens is 358 g/mol. The molecule has 0 aliphatic rings. The molecule has 5 heteroatoms. The highest BCUT2D eigenvalue weighted by molar-refractivity contribution is 9.10. The van der Waals surface area contributed by atoms with Gasteiger partial charge in [-0.15, -0.1) is 0 Å². The molecule has 0 aliphatic carbocycles. The molecule has 0 spiro atoms. The van der Waals surface area contributed by atoms with Crippen LogP contribution in [0, 0.1) is 12.3 Å². The van der Waals surface area contributed by atoms with Gasteiger partial charge in [-0.05, 0) is 66.2 Å². The van der Waals surface area contributed by atoms with Gasteiger partial charge in [0.25, 0.3) is 0 Å². The number of rotatable bonds is 4. The maximum absolute atomic E-state index is 12.1. The zero-order valence-electron chi connectivity index (χ0n) is 15.1. The fourth-order valence-electron chi connectivity index (χ4n) is 2.16. The summed E-state index contributed by atoms with van der Waals surface area (Å²) >= 11 is 3.55. The van der Waals surface area contributed by atoms with Crippen molar-refractivity contribution in [3.8, 4) is 0 Å². The zero-order valence-corrected chi connectivity index (χ0v) is 16.7. The van der Waals surface area contributed by atoms with E-state index in [-0.39, 0.29) is 24.3 Å². The average molecular weight is 386 g/mol. The van der Waals surface area contributed by atoms with Crippen LogP contribution >= 0.6 is 15.9 Å². The summed E-state index contributed by atoms with van der Waals surface area (Å²) in [6.07, 6.45) is -0.365. The number of carbonyl (C=O) groups excluding carboxylic acids is 1. The van der Waals surface area contributed by atoms with Gasteiger partial charge in [0, 0.05) is 15.7 Å². The second-order valence-corrected chi connectivity index (χ2v) is 8.65. The van der Waals surface area contributed by atoms with Crippen LogP contribution in [0.1, 0.15) is 58.8 Å². The number of anilines is 1. The molecule has 0 aromatic heterocycles. The molecular formula is C18H28BrNO3. The van der Waals surface area contributed by atoms with Gasteiger partial charge in [0.1, 0.15) is 12.7 Å². The number of ether oxygens (including phenoxy) is 2. The number of halogens is 1. The van der Waals surface area contributed by atoms with Gasteiger partial charge in [-0.1, -0.05) is 15.9 Å². The van der Waals surface area contributed by atoms with Crippen molar-refractivity contribution in [2.24, 2.45) is 5.41 Å². The van der Waals surface area contributed by atoms with Crippen LogP contribution in [-0.4, -0.2) is 18.2 Å². The Kier molecular flexibility index (Phi) is 6.27. The first kappa shape index (κ1) is 20.0. The van der Waals surface area contributed by atoms with E-state index in [1.165, 1.54) is 0 Å². The van der Waals surface area contributed by atoms with Gasteiger partial charge < -0.3 is 15.2 Å². The third-order valence-corrected chi connectivity index (χ3v) is 3.81. The van der Waals surface area contributed by atoms with E-state index in [1.807, 2.05) is 60.6 Å². The normalized spacial score (nSPS) is 13.7. The summed E-state index contributed by atoms with van der Waals surface area (Å²) in [6, 6.07) is 3.73. The maximum Gasteiger partial charge on any atom is 0.311 e. The highest BCUT2D eigenvalue weighted by Crippen LogP contribution is 2.34. The minimum atomic E-state index is -0.542. The largest absolute Gasteiger partial charge is 0.462 e. The Hall–Kier alpha value is -1.07. The molecule has 1 unspecified atom stereocenters. The average Bonchev–Trinajstić information content (AvgIpc) is 2.30. The summed E-state index contributed by atoms with van der Waals surface area (Å²) in [5.41, 5.74) is 7.60. The van der Waals surface area contributed by atoms with E-state index in [0.717, 1.165) is 15.6 Å². The topological polar surface area (TPSA) is 61.5 Å². The molecule has 0 saturated carbocycles. The lowest BCUT2D eigenvalue weighted by atomic mass is 9.97. The van der Waals surface area contributed by atoms with Crippen molar-refractivity contribution in [1.82, 2.24) is 0 Å². The Morgan fingerprint density at radius 2 is 1.78 bits per heavy atom. The Morgan fingerprint density at radius 1 is 1.22 bits per heavy atom. The van der Waals surface area contributed by atoms with Crippen molar-refractivity contribution in [3.63, 3.8) is 0 Å². The first-order valence-corrected chi connectivity index (χ1v) is 8.51. The second kappa shape index (κ2) is 7.22. The molecule has 130 valence electrons. The molecule has 1 atom stereocenters. The summed E-state index contributed by atoms with van der Waals surface area (Å²) in [4.78, 5) is 12.1. The maximum atomic E-state index is 12.1. The first-order valence-electron chi connectivity index (χ1n) is 7.72. The van der Waals surface area contributed by atoms with Crippen molar-refractivity contribution >= 4 is 27.6 Å². The fourth-order valence-corrected chi connectivity index (χ4v) is 2.99. The Balaban J connectivity index is 3.10. The molecule has 1 aromatic carbocycles. The molecule has 1 aromatic rings. The van der Waals surface area contributed by atoms with Crippen LogP contribution in [0.15, 0.2) is 16.6 Å². The van der Waals surface area contributed by atoms with Crippen LogP contribution in [0.2, 0.25) is 0 Å². The molecule has 0 fully saturated rings. The monoisotopic (exact) mass is 385 g/mol. The predicted octanol–water partition coefficient (Wildman–Crippen LogP) is 4.79. The van der Waals surface area contributed by atoms with Gasteiger partial charge >= 0.3 is 5.97 Å². The molecule has 1 rings (SSSR count). The summed E-state index contributed by atoms with van der Waals surface area (Å²) in [7, 11) is 0. The number of carbonyl (C=O) groups is 1. The molecule has 0 amide bonds. The Morgan fingerprint density at radius 3 is 2.22 bits per heavy atom. The van der Waals surface area contributed by atoms with Crippen molar-refractivity contribution < 1.29 is 14.3 Å². The highest BCUT2D eigenvalue weighted by atomic mass is 79.9. The number of esters is 1. The van der Waals surface area contributed by atoms with Crippen LogP contribution in [0.25, 0.3) is 0 Å². The Labute approximate surface area is 147 Å². The molecule has 0 radical (unpaired) electrons. The third kappa shape index (κ3) is 6.15. The molecule has 0 saturated heterocycles. The van der Waals surface area contributed by atoms with E-state index in [2.05, 4.69) is 15.9 Å². The number of benzene rings is 1. The minimum absolute atomic E-state index is 0.163. The van der Waals surface area contributed by atoms with Crippen molar-refractivity contribution in [2.75, 3.05) is 12.3 Å². The summed E-state index contributed by atoms with van der Waals surface area (Å²) in [5, 5.41) is 0. The van der Waals surface area contributed by atoms with E-state index >= 15 is 0 Å². The SMILES string of the molecule is Cc1cc(N)cc(Br)c1C(COC(=O)C(C)(C)C)OC(C)(C)C. The van der Waals surface area contributed by atoms with Crippen LogP contribution in [0.3, 0.4) is 0 Å². The van der Waals surface area contributed by atoms with Crippen LogP contribution in [0.4, 0.5) is 5.69 Å². The lowest BCUT2D eigenvalue weighted by molar-refractivity contribution is -0.162. The van der Waals surface area contributed by atoms with Gasteiger partial charge in [0.05, 0.1) is 11.0 Å². The number of hydrogen-bond acceptors (Lipinski definition) is 4. The molecule has 0 heterocycles. The number of nitrogens with two attached hydrogens (primary N) is 1. The zero-order chi connectivity index (χ0) is 18.0. The quantitative estimate of drug-likeness (QED) is 0.597. The lowest BCUT2D eigenvalue weighted by Crippen LogP contribution is -2.30. The predicted molar refractivity (Wildman–Crippen MR) is 97.3 cm³/mol. The van der Waals surface area contributed by atoms with Gasteiger partial charge in [0.15, 0.2) is 0 Å². The summed E-state index contributed by atoms with van der Waals surface area (Å²) < 4.78 is 12.5. The summed E-state index contributed by atoms with van der Waals surface area (Å²) in [6.45, 7) is 13.6. The first-order chi connectivity index (χ1) is 10.3. The van der Waals surface area contributed by atoms with Crippen molar-refractivity contribution in [3.05, 3.63) is 27.7 Å². The van der Waals surface area contributed by atoms with Gasteiger partial charge in [-0.3, -0.25) is 4.79 Å². The molecule has 23 heavy (non-hydrogen) atoms. The number of aryl methyl sites for hydroxylation is 1. The molecule has 4 nitrogen and oxygen atoms in total. The third-order valence-electron chi connectivity index (χ3n) is 3.15. The van der Waals surface area contributed by atoms with E-state index in [0.29, 0.717) is 5.69 Å². The molecule has 0 aliphatic heterocycles. The van der Waals surface area contributed by atoms with Gasteiger partial charge in [0.2, 0.25) is 0 Å². The van der Waals surface area contributed by atoms with Crippen LogP contribution in [0.5, 0.6) is 0 Å². The van der Waals surface area contributed by atoms with E-state index in [4.69, 9.17) is 15.2 Å². The van der Waals surface area contributed by atoms with Gasteiger partial charge in [-0.2, -0.15) is 0 Å². The van der Waals surface area contributed by atoms with E-state index in [1.54, 1.807) is 0 Å². The minimum Gasteiger partial charge on any atom is -0.462 e. The van der Waals surface area contributed by atoms with Crippen molar-refractivity contribution in [1.29, 1.82) is 0 Å². The standard InChI is InChI=1S/C18H28BrNO3/c1-11-8-12(20)9-13(19)15(11)14(23-18(5,6)7)10-22-16(21)17(2,3)4/h8-9,14H,10,20H2,1-7H3. The van der Waals surface area contributed by atoms with Gasteiger partial charge in [-0.25, -0.2) is 0 Å². The molecule has 0 bridgehead atoms. The highest BCUT2D eigenvalue weighted by Gasteiger charge is 2.28. The summed E-state index contributed by atoms with van der Waals surface area (Å²) in [5.74, 6) is -0.246. The molecule has 2 N–H and O–H groups in total. The van der Waals surface area contributed by atoms with Crippen LogP contribution in [-0.2, 0) is 14.3 Å².